The van der Waals surface area contributed by atoms with E-state index < -0.39 is 0 Å². The first-order valence-corrected chi connectivity index (χ1v) is 5.81. The zero-order valence-electron chi connectivity index (χ0n) is 10.7. The highest BCUT2D eigenvalue weighted by Gasteiger charge is 2.35. The zero-order valence-corrected chi connectivity index (χ0v) is 10.7. The number of hydrogen-bond donors (Lipinski definition) is 1. The lowest BCUT2D eigenvalue weighted by molar-refractivity contribution is -0.0444. The number of nitrogens with one attached hydrogen (secondary N) is 1. The summed E-state index contributed by atoms with van der Waals surface area (Å²) >= 11 is 0. The molecule has 0 aliphatic carbocycles. The molecule has 2 unspecified atom stereocenters. The fraction of sp³-hybridized carbons (Fsp3) is 1.00. The lowest BCUT2D eigenvalue weighted by atomic mass is 9.81. The van der Waals surface area contributed by atoms with Gasteiger partial charge in [-0.25, -0.2) is 0 Å². The summed E-state index contributed by atoms with van der Waals surface area (Å²) in [7, 11) is 3.85. The molecule has 0 aromatic rings. The van der Waals surface area contributed by atoms with Crippen molar-refractivity contribution in [3.63, 3.8) is 0 Å². The second-order valence-electron chi connectivity index (χ2n) is 4.21. The average molecular weight is 201 g/mol. The molecule has 0 saturated carbocycles. The molecule has 0 aliphatic rings. The first kappa shape index (κ1) is 13.9. The van der Waals surface area contributed by atoms with E-state index in [4.69, 9.17) is 4.74 Å². The van der Waals surface area contributed by atoms with Gasteiger partial charge in [0.15, 0.2) is 0 Å². The van der Waals surface area contributed by atoms with Crippen molar-refractivity contribution in [2.75, 3.05) is 14.2 Å². The Labute approximate surface area is 89.4 Å². The normalized spacial score (nSPS) is 18.2. The van der Waals surface area contributed by atoms with Crippen molar-refractivity contribution in [2.24, 2.45) is 5.92 Å². The molecule has 0 aromatic heterocycles. The number of rotatable bonds is 7. The van der Waals surface area contributed by atoms with E-state index in [1.807, 2.05) is 14.2 Å². The molecule has 1 N–H and O–H groups in total. The van der Waals surface area contributed by atoms with Crippen molar-refractivity contribution >= 4 is 0 Å². The Balaban J connectivity index is 4.65. The van der Waals surface area contributed by atoms with Gasteiger partial charge in [0.2, 0.25) is 0 Å². The van der Waals surface area contributed by atoms with E-state index in [0.717, 1.165) is 6.42 Å². The minimum Gasteiger partial charge on any atom is -0.377 e. The molecule has 14 heavy (non-hydrogen) atoms. The zero-order chi connectivity index (χ0) is 11.2. The Hall–Kier alpha value is -0.0800. The third kappa shape index (κ3) is 2.96. The van der Waals surface area contributed by atoms with Crippen LogP contribution in [0.3, 0.4) is 0 Å². The fourth-order valence-electron chi connectivity index (χ4n) is 2.29. The fourth-order valence-corrected chi connectivity index (χ4v) is 2.29. The van der Waals surface area contributed by atoms with Crippen LogP contribution in [0.4, 0.5) is 0 Å². The van der Waals surface area contributed by atoms with E-state index in [1.54, 1.807) is 0 Å². The van der Waals surface area contributed by atoms with Crippen molar-refractivity contribution in [3.05, 3.63) is 0 Å². The van der Waals surface area contributed by atoms with Crippen LogP contribution in [0.25, 0.3) is 0 Å². The number of ether oxygens (including phenoxy) is 1. The van der Waals surface area contributed by atoms with Crippen molar-refractivity contribution < 1.29 is 4.74 Å². The summed E-state index contributed by atoms with van der Waals surface area (Å²) in [5.74, 6) is 0.699. The summed E-state index contributed by atoms with van der Waals surface area (Å²) in [6.45, 7) is 8.90. The summed E-state index contributed by atoms with van der Waals surface area (Å²) in [6, 6.07) is 0.451. The Bertz CT molecular complexity index is 139. The molecule has 0 rings (SSSR count). The molecule has 0 amide bonds. The summed E-state index contributed by atoms with van der Waals surface area (Å²) in [6.07, 6.45) is 3.47. The smallest absolute Gasteiger partial charge is 0.0802 e. The van der Waals surface area contributed by atoms with Crippen LogP contribution in [0.15, 0.2) is 0 Å². The number of methoxy groups -OCH3 is 1. The topological polar surface area (TPSA) is 21.3 Å². The highest BCUT2D eigenvalue weighted by Crippen LogP contribution is 2.28. The van der Waals surface area contributed by atoms with Gasteiger partial charge in [-0.05, 0) is 26.3 Å². The summed E-state index contributed by atoms with van der Waals surface area (Å²) in [4.78, 5) is 0. The van der Waals surface area contributed by atoms with Crippen molar-refractivity contribution in [3.8, 4) is 0 Å². The van der Waals surface area contributed by atoms with E-state index in [9.17, 15) is 0 Å². The van der Waals surface area contributed by atoms with Crippen LogP contribution in [0.5, 0.6) is 0 Å². The molecule has 2 atom stereocenters. The van der Waals surface area contributed by atoms with E-state index in [0.29, 0.717) is 12.0 Å². The molecule has 0 heterocycles. The molecule has 0 aliphatic heterocycles. The summed E-state index contributed by atoms with van der Waals surface area (Å²) in [5, 5.41) is 3.42. The van der Waals surface area contributed by atoms with Crippen LogP contribution < -0.4 is 5.32 Å². The van der Waals surface area contributed by atoms with Gasteiger partial charge in [0, 0.05) is 13.2 Å². The summed E-state index contributed by atoms with van der Waals surface area (Å²) < 4.78 is 5.66. The monoisotopic (exact) mass is 201 g/mol. The van der Waals surface area contributed by atoms with Gasteiger partial charge < -0.3 is 10.1 Å². The van der Waals surface area contributed by atoms with Gasteiger partial charge in [0.25, 0.3) is 0 Å². The van der Waals surface area contributed by atoms with Gasteiger partial charge in [0.05, 0.1) is 5.60 Å². The molecule has 0 bridgehead atoms. The second kappa shape index (κ2) is 6.41. The Morgan fingerprint density at radius 2 is 1.71 bits per heavy atom. The van der Waals surface area contributed by atoms with Gasteiger partial charge in [-0.1, -0.05) is 33.6 Å². The highest BCUT2D eigenvalue weighted by atomic mass is 16.5. The highest BCUT2D eigenvalue weighted by molar-refractivity contribution is 4.91. The molecule has 0 spiro atoms. The maximum atomic E-state index is 5.66. The quantitative estimate of drug-likeness (QED) is 0.684. The van der Waals surface area contributed by atoms with E-state index in [2.05, 4.69) is 33.0 Å². The lowest BCUT2D eigenvalue weighted by Crippen LogP contribution is -2.52. The van der Waals surface area contributed by atoms with Gasteiger partial charge in [-0.2, -0.15) is 0 Å². The average Bonchev–Trinajstić information content (AvgIpc) is 2.24. The van der Waals surface area contributed by atoms with Crippen LogP contribution in [-0.4, -0.2) is 25.8 Å². The molecule has 0 fully saturated rings. The Morgan fingerprint density at radius 3 is 1.93 bits per heavy atom. The van der Waals surface area contributed by atoms with E-state index in [-0.39, 0.29) is 5.60 Å². The minimum absolute atomic E-state index is 0.0363. The van der Waals surface area contributed by atoms with Crippen molar-refractivity contribution in [1.29, 1.82) is 0 Å². The third-order valence-corrected chi connectivity index (χ3v) is 3.66. The first-order chi connectivity index (χ1) is 6.59. The largest absolute Gasteiger partial charge is 0.377 e. The van der Waals surface area contributed by atoms with Gasteiger partial charge in [0.1, 0.15) is 0 Å². The Kier molecular flexibility index (Phi) is 6.38. The number of hydrogen-bond acceptors (Lipinski definition) is 2. The Morgan fingerprint density at radius 1 is 1.21 bits per heavy atom. The molecule has 0 saturated heterocycles. The molecule has 86 valence electrons. The van der Waals surface area contributed by atoms with Crippen molar-refractivity contribution in [2.45, 2.75) is 58.6 Å². The van der Waals surface area contributed by atoms with Crippen LogP contribution in [0.2, 0.25) is 0 Å². The first-order valence-electron chi connectivity index (χ1n) is 5.81. The maximum Gasteiger partial charge on any atom is 0.0802 e. The molecule has 0 aromatic carbocycles. The van der Waals surface area contributed by atoms with Crippen LogP contribution in [0.1, 0.15) is 47.0 Å². The van der Waals surface area contributed by atoms with Gasteiger partial charge in [-0.3, -0.25) is 0 Å². The predicted octanol–water partition coefficient (Wildman–Crippen LogP) is 2.83. The van der Waals surface area contributed by atoms with Crippen LogP contribution in [0, 0.1) is 5.92 Å². The number of likely N-dealkylation sites (N-methyl/N-ethyl adjacent to an activating group) is 1. The third-order valence-electron chi connectivity index (χ3n) is 3.66. The molecule has 2 heteroatoms. The standard InChI is InChI=1S/C12H27NO/c1-7-10(8-2)11(13-5)12(4,9-3)14-6/h10-11,13H,7-9H2,1-6H3. The lowest BCUT2D eigenvalue weighted by Gasteiger charge is -2.40. The van der Waals surface area contributed by atoms with E-state index in [1.165, 1.54) is 12.8 Å². The van der Waals surface area contributed by atoms with Crippen LogP contribution >= 0.6 is 0 Å². The second-order valence-corrected chi connectivity index (χ2v) is 4.21. The van der Waals surface area contributed by atoms with Crippen molar-refractivity contribution in [1.82, 2.24) is 5.32 Å². The molecule has 0 radical (unpaired) electrons. The SMILES string of the molecule is CCC(CC)C(NC)C(C)(CC)OC. The predicted molar refractivity (Wildman–Crippen MR) is 62.6 cm³/mol. The van der Waals surface area contributed by atoms with Crippen LogP contribution in [-0.2, 0) is 4.74 Å². The van der Waals surface area contributed by atoms with Gasteiger partial charge in [-0.15, -0.1) is 0 Å². The van der Waals surface area contributed by atoms with E-state index >= 15 is 0 Å². The minimum atomic E-state index is -0.0363. The molecule has 2 nitrogen and oxygen atoms in total. The maximum absolute atomic E-state index is 5.66. The summed E-state index contributed by atoms with van der Waals surface area (Å²) in [5.41, 5.74) is -0.0363. The molecular weight excluding hydrogens is 174 g/mol. The van der Waals surface area contributed by atoms with Gasteiger partial charge >= 0.3 is 0 Å². The molecular formula is C12H27NO.